The van der Waals surface area contributed by atoms with E-state index in [1.165, 1.54) is 46.0 Å². The van der Waals surface area contributed by atoms with E-state index in [2.05, 4.69) is 141 Å². The van der Waals surface area contributed by atoms with Crippen LogP contribution in [0.2, 0.25) is 0 Å². The Balaban J connectivity index is 0.913. The molecule has 4 heterocycles. The first-order valence-electron chi connectivity index (χ1n) is 24.3. The molecule has 0 unspecified atom stereocenters. The summed E-state index contributed by atoms with van der Waals surface area (Å²) in [5, 5.41) is 1.98. The van der Waals surface area contributed by atoms with Crippen molar-refractivity contribution in [1.82, 2.24) is 29.5 Å². The van der Waals surface area contributed by atoms with Crippen molar-refractivity contribution in [3.05, 3.63) is 193 Å². The molecule has 0 saturated carbocycles. The molecular weight excluding hydrogens is 881 g/mol. The van der Waals surface area contributed by atoms with E-state index >= 15 is 0 Å². The van der Waals surface area contributed by atoms with Gasteiger partial charge in [0, 0.05) is 59.6 Å². The van der Waals surface area contributed by atoms with Crippen LogP contribution < -0.4 is 18.9 Å². The summed E-state index contributed by atoms with van der Waals surface area (Å²) < 4.78 is 27.9. The highest BCUT2D eigenvalue weighted by Gasteiger charge is 2.20. The van der Waals surface area contributed by atoms with Gasteiger partial charge in [-0.2, -0.15) is 0 Å². The molecule has 0 amide bonds. The smallest absolute Gasteiger partial charge is 0.237 e. The first-order chi connectivity index (χ1) is 34.5. The molecule has 0 atom stereocenters. The molecule has 0 saturated heterocycles. The number of benzene rings is 6. The Hall–Kier alpha value is -8.37. The maximum Gasteiger partial charge on any atom is 0.237 e. The molecule has 10 rings (SSSR count). The van der Waals surface area contributed by atoms with Gasteiger partial charge in [-0.3, -0.25) is 4.57 Å². The van der Waals surface area contributed by atoms with Crippen LogP contribution in [0.4, 0.5) is 0 Å². The average Bonchev–Trinajstić information content (AvgIpc) is 3.69. The Kier molecular flexibility index (Phi) is 13.0. The van der Waals surface area contributed by atoms with Gasteiger partial charge in [0.2, 0.25) is 17.7 Å². The standard InChI is InChI=1S/C61H56N6O4/c1-37(2)49-17-11-18-50(38(3)4)59(49)41-25-27-63-57(29-41)70-45-15-9-13-43(31-45)68-47-21-23-53-54-24-22-48(34-56(54)67(55(53)33-47)61-65-35-62-36-66-61)69-44-14-10-16-46(32-44)71-58-30-42(26-28-64-58)60-51(39(5)6)19-12-20-52(60)40(7)8/h9-40H,1-8H3. The third-order valence-corrected chi connectivity index (χ3v) is 12.7. The number of rotatable bonds is 15. The minimum absolute atomic E-state index is 0.362. The molecule has 0 radical (unpaired) electrons. The second-order valence-corrected chi connectivity index (χ2v) is 19.0. The average molecular weight is 937 g/mol. The fraction of sp³-hybridized carbons (Fsp3) is 0.197. The van der Waals surface area contributed by atoms with Crippen molar-refractivity contribution in [3.63, 3.8) is 0 Å². The van der Waals surface area contributed by atoms with Gasteiger partial charge in [-0.05, 0) is 129 Å². The minimum Gasteiger partial charge on any atom is -0.457 e. The molecule has 354 valence electrons. The van der Waals surface area contributed by atoms with Gasteiger partial charge in [0.15, 0.2) is 0 Å². The number of ether oxygens (including phenoxy) is 4. The predicted molar refractivity (Wildman–Crippen MR) is 283 cm³/mol. The van der Waals surface area contributed by atoms with Crippen LogP contribution in [-0.2, 0) is 0 Å². The number of fused-ring (bicyclic) bond motifs is 3. The molecule has 0 aliphatic heterocycles. The maximum atomic E-state index is 6.54. The molecule has 6 aromatic carbocycles. The topological polar surface area (TPSA) is 106 Å². The van der Waals surface area contributed by atoms with E-state index in [-0.39, 0.29) is 0 Å². The molecule has 10 nitrogen and oxygen atoms in total. The van der Waals surface area contributed by atoms with Crippen LogP contribution in [0.1, 0.15) is 101 Å². The fourth-order valence-corrected chi connectivity index (χ4v) is 9.40. The van der Waals surface area contributed by atoms with Crippen molar-refractivity contribution < 1.29 is 18.9 Å². The SMILES string of the molecule is CC(C)c1cccc(C(C)C)c1-c1ccnc(Oc2cccc(Oc3ccc4c5ccc(Oc6cccc(Oc7cc(-c8c(C(C)C)cccc8C(C)C)ccn7)c6)cc5n(-c5ncncn5)c4c3)c2)c1. The molecule has 4 aromatic heterocycles. The van der Waals surface area contributed by atoms with Gasteiger partial charge in [0.25, 0.3) is 0 Å². The Labute approximate surface area is 415 Å². The predicted octanol–water partition coefficient (Wildman–Crippen LogP) is 16.8. The Bertz CT molecular complexity index is 3260. The van der Waals surface area contributed by atoms with Gasteiger partial charge in [-0.25, -0.2) is 24.9 Å². The van der Waals surface area contributed by atoms with Crippen molar-refractivity contribution >= 4 is 21.8 Å². The molecule has 0 N–H and O–H groups in total. The Morgan fingerprint density at radius 1 is 0.366 bits per heavy atom. The summed E-state index contributed by atoms with van der Waals surface area (Å²) in [6, 6.07) is 48.5. The van der Waals surface area contributed by atoms with Gasteiger partial charge in [0.05, 0.1) is 11.0 Å². The fourth-order valence-electron chi connectivity index (χ4n) is 9.40. The zero-order valence-corrected chi connectivity index (χ0v) is 41.3. The summed E-state index contributed by atoms with van der Waals surface area (Å²) >= 11 is 0. The van der Waals surface area contributed by atoms with Crippen LogP contribution in [0, 0.1) is 0 Å². The lowest BCUT2D eigenvalue weighted by Crippen LogP contribution is -2.01. The van der Waals surface area contributed by atoms with Crippen molar-refractivity contribution in [3.8, 4) is 74.5 Å². The third kappa shape index (κ3) is 9.79. The highest BCUT2D eigenvalue weighted by atomic mass is 16.5. The molecular formula is C61H56N6O4. The summed E-state index contributed by atoms with van der Waals surface area (Å²) in [4.78, 5) is 22.4. The van der Waals surface area contributed by atoms with Crippen LogP contribution in [0.5, 0.6) is 46.3 Å². The van der Waals surface area contributed by atoms with Gasteiger partial charge >= 0.3 is 0 Å². The molecule has 10 heteroatoms. The Morgan fingerprint density at radius 2 is 0.732 bits per heavy atom. The summed E-state index contributed by atoms with van der Waals surface area (Å²) in [7, 11) is 0. The third-order valence-electron chi connectivity index (χ3n) is 12.7. The van der Waals surface area contributed by atoms with Crippen molar-refractivity contribution in [2.45, 2.75) is 79.1 Å². The summed E-state index contributed by atoms with van der Waals surface area (Å²) in [5.41, 5.74) is 11.5. The number of hydrogen-bond donors (Lipinski definition) is 0. The quantitative estimate of drug-likeness (QED) is 0.0993. The van der Waals surface area contributed by atoms with Gasteiger partial charge in [0.1, 0.15) is 47.2 Å². The first kappa shape index (κ1) is 46.4. The van der Waals surface area contributed by atoms with E-state index in [1.807, 2.05) is 102 Å². The second-order valence-electron chi connectivity index (χ2n) is 19.0. The maximum absolute atomic E-state index is 6.54. The lowest BCUT2D eigenvalue weighted by atomic mass is 9.85. The van der Waals surface area contributed by atoms with Crippen molar-refractivity contribution in [1.29, 1.82) is 0 Å². The normalized spacial score (nSPS) is 11.6. The van der Waals surface area contributed by atoms with Crippen molar-refractivity contribution in [2.24, 2.45) is 0 Å². The largest absolute Gasteiger partial charge is 0.457 e. The van der Waals surface area contributed by atoms with E-state index in [4.69, 9.17) is 18.9 Å². The van der Waals surface area contributed by atoms with Crippen LogP contribution in [0.3, 0.4) is 0 Å². The number of aromatic nitrogens is 6. The molecule has 0 bridgehead atoms. The monoisotopic (exact) mass is 936 g/mol. The van der Waals surface area contributed by atoms with Crippen LogP contribution in [-0.4, -0.2) is 29.5 Å². The highest BCUT2D eigenvalue weighted by molar-refractivity contribution is 6.09. The van der Waals surface area contributed by atoms with Gasteiger partial charge in [-0.15, -0.1) is 0 Å². The first-order valence-corrected chi connectivity index (χ1v) is 24.3. The van der Waals surface area contributed by atoms with Crippen molar-refractivity contribution in [2.75, 3.05) is 0 Å². The minimum atomic E-state index is 0.362. The number of pyridine rings is 2. The van der Waals surface area contributed by atoms with Crippen LogP contribution in [0.25, 0.3) is 50.0 Å². The molecule has 0 fully saturated rings. The van der Waals surface area contributed by atoms with E-state index in [9.17, 15) is 0 Å². The summed E-state index contributed by atoms with van der Waals surface area (Å²) in [6.07, 6.45) is 6.60. The summed E-state index contributed by atoms with van der Waals surface area (Å²) in [6.45, 7) is 17.9. The molecule has 10 aromatic rings. The van der Waals surface area contributed by atoms with Gasteiger partial charge in [-0.1, -0.05) is 104 Å². The van der Waals surface area contributed by atoms with E-state index in [1.54, 1.807) is 0 Å². The number of nitrogens with zero attached hydrogens (tertiary/aromatic N) is 6. The molecule has 0 aliphatic carbocycles. The van der Waals surface area contributed by atoms with E-state index < -0.39 is 0 Å². The highest BCUT2D eigenvalue weighted by Crippen LogP contribution is 2.41. The van der Waals surface area contributed by atoms with Crippen LogP contribution >= 0.6 is 0 Å². The second kappa shape index (κ2) is 19.9. The lowest BCUT2D eigenvalue weighted by Gasteiger charge is -2.20. The molecule has 0 spiro atoms. The zero-order chi connectivity index (χ0) is 49.2. The van der Waals surface area contributed by atoms with Gasteiger partial charge < -0.3 is 18.9 Å². The Morgan fingerprint density at radius 3 is 1.13 bits per heavy atom. The van der Waals surface area contributed by atoms with Crippen LogP contribution in [0.15, 0.2) is 171 Å². The zero-order valence-electron chi connectivity index (χ0n) is 41.3. The molecule has 71 heavy (non-hydrogen) atoms. The van der Waals surface area contributed by atoms with E-state index in [0.29, 0.717) is 75.9 Å². The number of hydrogen-bond acceptors (Lipinski definition) is 9. The summed E-state index contributed by atoms with van der Waals surface area (Å²) in [5.74, 6) is 6.58. The lowest BCUT2D eigenvalue weighted by molar-refractivity contribution is 0.449. The van der Waals surface area contributed by atoms with E-state index in [0.717, 1.165) is 32.9 Å². The molecule has 0 aliphatic rings.